The maximum absolute atomic E-state index is 11.9. The average molecular weight is 281 g/mol. The summed E-state index contributed by atoms with van der Waals surface area (Å²) in [5.74, 6) is -0.832. The molecule has 0 unspecified atom stereocenters. The van der Waals surface area contributed by atoms with E-state index in [4.69, 9.17) is 5.73 Å². The summed E-state index contributed by atoms with van der Waals surface area (Å²) in [5, 5.41) is 2.70. The summed E-state index contributed by atoms with van der Waals surface area (Å²) in [6.07, 6.45) is 5.23. The number of nitrogens with two attached hydrogens (primary N) is 1. The Morgan fingerprint density at radius 3 is 2.50 bits per heavy atom. The fourth-order valence-corrected chi connectivity index (χ4v) is 2.03. The first-order chi connectivity index (χ1) is 9.52. The molecule has 1 fully saturated rings. The van der Waals surface area contributed by atoms with Crippen molar-refractivity contribution in [2.75, 3.05) is 6.54 Å². The predicted molar refractivity (Wildman–Crippen MR) is 76.1 cm³/mol. The fraction of sp³-hybridized carbons (Fsp3) is 0.714. The lowest BCUT2D eigenvalue weighted by Crippen LogP contribution is -2.36. The molecule has 1 saturated carbocycles. The summed E-state index contributed by atoms with van der Waals surface area (Å²) in [6, 6.07) is 0. The largest absolute Gasteiger partial charge is 0.369 e. The summed E-state index contributed by atoms with van der Waals surface area (Å²) in [5.41, 5.74) is 5.00. The number of nitrogens with zero attached hydrogens (tertiary/aromatic N) is 1. The van der Waals surface area contributed by atoms with E-state index in [9.17, 15) is 14.4 Å². The summed E-state index contributed by atoms with van der Waals surface area (Å²) < 4.78 is 0. The van der Waals surface area contributed by atoms with Crippen LogP contribution in [0.3, 0.4) is 0 Å². The summed E-state index contributed by atoms with van der Waals surface area (Å²) >= 11 is 0. The van der Waals surface area contributed by atoms with Gasteiger partial charge in [0.2, 0.25) is 11.8 Å². The Balaban J connectivity index is 2.49. The summed E-state index contributed by atoms with van der Waals surface area (Å²) in [7, 11) is 0. The zero-order chi connectivity index (χ0) is 15.0. The number of nitrogens with one attached hydrogen (secondary N) is 1. The maximum Gasteiger partial charge on any atom is 0.266 e. The quantitative estimate of drug-likeness (QED) is 0.647. The van der Waals surface area contributed by atoms with Crippen molar-refractivity contribution in [3.8, 4) is 0 Å². The number of amides is 3. The highest BCUT2D eigenvalue weighted by atomic mass is 16.2. The minimum atomic E-state index is -0.665. The van der Waals surface area contributed by atoms with Gasteiger partial charge in [-0.05, 0) is 18.8 Å². The average Bonchev–Trinajstić information content (AvgIpc) is 2.31. The van der Waals surface area contributed by atoms with Crippen LogP contribution in [0.2, 0.25) is 0 Å². The van der Waals surface area contributed by atoms with Gasteiger partial charge in [0.25, 0.3) is 5.91 Å². The predicted octanol–water partition coefficient (Wildman–Crippen LogP) is 0.936. The van der Waals surface area contributed by atoms with E-state index in [0.29, 0.717) is 18.9 Å². The van der Waals surface area contributed by atoms with Crippen LogP contribution in [-0.4, -0.2) is 30.0 Å². The molecule has 0 aromatic rings. The summed E-state index contributed by atoms with van der Waals surface area (Å²) in [4.78, 5) is 38.0. The van der Waals surface area contributed by atoms with E-state index in [1.807, 2.05) is 6.92 Å². The standard InChI is InChI=1S/C14H23N3O3/c1-2-4-13(19)17-11(9-12(15)18)14(20)16-8-7-10-5-3-6-10/h10H,2-9H2,1H3,(H2,15,18)(H,16,20). The van der Waals surface area contributed by atoms with Crippen molar-refractivity contribution < 1.29 is 14.4 Å². The molecule has 1 rings (SSSR count). The van der Waals surface area contributed by atoms with Crippen LogP contribution in [-0.2, 0) is 14.4 Å². The first-order valence-electron chi connectivity index (χ1n) is 7.19. The Hall–Kier alpha value is -1.72. The third-order valence-corrected chi connectivity index (χ3v) is 3.39. The number of aliphatic imine (C=N–C) groups is 1. The van der Waals surface area contributed by atoms with E-state index >= 15 is 0 Å². The Morgan fingerprint density at radius 1 is 1.30 bits per heavy atom. The van der Waals surface area contributed by atoms with Crippen LogP contribution < -0.4 is 11.1 Å². The summed E-state index contributed by atoms with van der Waals surface area (Å²) in [6.45, 7) is 2.39. The minimum Gasteiger partial charge on any atom is -0.369 e. The van der Waals surface area contributed by atoms with E-state index < -0.39 is 17.7 Å². The second-order valence-corrected chi connectivity index (χ2v) is 5.19. The van der Waals surface area contributed by atoms with Crippen LogP contribution in [0.25, 0.3) is 0 Å². The third kappa shape index (κ3) is 5.95. The molecular weight excluding hydrogens is 258 g/mol. The highest BCUT2D eigenvalue weighted by Crippen LogP contribution is 2.28. The molecule has 0 heterocycles. The van der Waals surface area contributed by atoms with Crippen molar-refractivity contribution in [1.82, 2.24) is 5.32 Å². The van der Waals surface area contributed by atoms with Gasteiger partial charge in [0.05, 0.1) is 6.42 Å². The van der Waals surface area contributed by atoms with E-state index in [1.165, 1.54) is 19.3 Å². The first kappa shape index (κ1) is 16.3. The Labute approximate surface area is 119 Å². The first-order valence-corrected chi connectivity index (χ1v) is 7.19. The van der Waals surface area contributed by atoms with E-state index in [1.54, 1.807) is 0 Å². The molecule has 0 aliphatic heterocycles. The number of hydrogen-bond donors (Lipinski definition) is 2. The topological polar surface area (TPSA) is 102 Å². The lowest BCUT2D eigenvalue weighted by Gasteiger charge is -2.25. The molecule has 0 atom stereocenters. The lowest BCUT2D eigenvalue weighted by molar-refractivity contribution is -0.120. The zero-order valence-electron chi connectivity index (χ0n) is 12.0. The van der Waals surface area contributed by atoms with Crippen molar-refractivity contribution in [3.63, 3.8) is 0 Å². The molecule has 0 saturated heterocycles. The maximum atomic E-state index is 11.9. The van der Waals surface area contributed by atoms with Crippen LogP contribution in [0.4, 0.5) is 0 Å². The molecule has 0 aromatic carbocycles. The van der Waals surface area contributed by atoms with Crippen molar-refractivity contribution in [2.24, 2.45) is 16.6 Å². The van der Waals surface area contributed by atoms with Crippen LogP contribution >= 0.6 is 0 Å². The molecule has 3 amide bonds. The van der Waals surface area contributed by atoms with Gasteiger partial charge in [-0.3, -0.25) is 14.4 Å². The SMILES string of the molecule is CCCC(=O)N=C(CC(N)=O)C(=O)NCCC1CCC1. The highest BCUT2D eigenvalue weighted by Gasteiger charge is 2.19. The normalized spacial score (nSPS) is 15.6. The molecule has 20 heavy (non-hydrogen) atoms. The van der Waals surface area contributed by atoms with Gasteiger partial charge in [0, 0.05) is 13.0 Å². The van der Waals surface area contributed by atoms with E-state index in [2.05, 4.69) is 10.3 Å². The molecule has 1 aliphatic carbocycles. The molecule has 0 aromatic heterocycles. The van der Waals surface area contributed by atoms with Crippen LogP contribution in [0.5, 0.6) is 0 Å². The van der Waals surface area contributed by atoms with Crippen molar-refractivity contribution in [2.45, 2.75) is 51.9 Å². The number of carbonyl (C=O) groups is 3. The fourth-order valence-electron chi connectivity index (χ4n) is 2.03. The van der Waals surface area contributed by atoms with Gasteiger partial charge in [0.1, 0.15) is 5.71 Å². The van der Waals surface area contributed by atoms with Crippen molar-refractivity contribution in [3.05, 3.63) is 0 Å². The second kappa shape index (κ2) is 8.45. The highest BCUT2D eigenvalue weighted by molar-refractivity contribution is 6.43. The van der Waals surface area contributed by atoms with Gasteiger partial charge in [0.15, 0.2) is 0 Å². The zero-order valence-corrected chi connectivity index (χ0v) is 12.0. The van der Waals surface area contributed by atoms with Gasteiger partial charge in [-0.25, -0.2) is 4.99 Å². The van der Waals surface area contributed by atoms with Crippen LogP contribution in [0.1, 0.15) is 51.9 Å². The third-order valence-electron chi connectivity index (χ3n) is 3.39. The van der Waals surface area contributed by atoms with Gasteiger partial charge < -0.3 is 11.1 Å². The minimum absolute atomic E-state index is 0.0791. The van der Waals surface area contributed by atoms with Crippen LogP contribution in [0.15, 0.2) is 4.99 Å². The monoisotopic (exact) mass is 281 g/mol. The molecular formula is C14H23N3O3. The van der Waals surface area contributed by atoms with E-state index in [-0.39, 0.29) is 18.6 Å². The number of primary amides is 1. The molecule has 0 radical (unpaired) electrons. The van der Waals surface area contributed by atoms with Gasteiger partial charge >= 0.3 is 0 Å². The molecule has 112 valence electrons. The van der Waals surface area contributed by atoms with Gasteiger partial charge in [-0.1, -0.05) is 26.2 Å². The van der Waals surface area contributed by atoms with Gasteiger partial charge in [-0.15, -0.1) is 0 Å². The Bertz CT molecular complexity index is 400. The second-order valence-electron chi connectivity index (χ2n) is 5.19. The Kier molecular flexibility index (Phi) is 6.90. The molecule has 0 bridgehead atoms. The smallest absolute Gasteiger partial charge is 0.266 e. The molecule has 6 nitrogen and oxygen atoms in total. The number of hydrogen-bond acceptors (Lipinski definition) is 3. The molecule has 6 heteroatoms. The molecule has 1 aliphatic rings. The molecule has 3 N–H and O–H groups in total. The van der Waals surface area contributed by atoms with Crippen molar-refractivity contribution >= 4 is 23.4 Å². The lowest BCUT2D eigenvalue weighted by atomic mass is 9.83. The Morgan fingerprint density at radius 2 is 2.00 bits per heavy atom. The van der Waals surface area contributed by atoms with E-state index in [0.717, 1.165) is 6.42 Å². The van der Waals surface area contributed by atoms with Crippen molar-refractivity contribution in [1.29, 1.82) is 0 Å². The van der Waals surface area contributed by atoms with Gasteiger partial charge in [-0.2, -0.15) is 0 Å². The number of carbonyl (C=O) groups excluding carboxylic acids is 3. The molecule has 0 spiro atoms. The number of rotatable bonds is 8. The van der Waals surface area contributed by atoms with Crippen LogP contribution in [0, 0.1) is 5.92 Å².